The lowest BCUT2D eigenvalue weighted by Crippen LogP contribution is -2.05. The molecule has 0 amide bonds. The monoisotopic (exact) mass is 425 g/mol. The lowest BCUT2D eigenvalue weighted by Gasteiger charge is -2.29. The van der Waals surface area contributed by atoms with Crippen molar-refractivity contribution in [1.29, 1.82) is 0 Å². The predicted octanol–water partition coefficient (Wildman–Crippen LogP) is 7.36. The molecule has 2 aliphatic heterocycles. The van der Waals surface area contributed by atoms with E-state index in [0.717, 1.165) is 5.56 Å². The maximum Gasteiger partial charge on any atom is 0.425 e. The third kappa shape index (κ3) is 4.43. The number of nitrogens with zero attached hydrogens (tertiary/aromatic N) is 3. The molecule has 128 valence electrons. The fourth-order valence-corrected chi connectivity index (χ4v) is 12.7. The van der Waals surface area contributed by atoms with E-state index in [-0.39, 0.29) is 12.7 Å². The average Bonchev–Trinajstić information content (AvgIpc) is 2.42. The van der Waals surface area contributed by atoms with E-state index in [0.29, 0.717) is 6.16 Å². The number of hydrogen-bond acceptors (Lipinski definition) is 6. The van der Waals surface area contributed by atoms with E-state index in [1.165, 1.54) is 0 Å². The Morgan fingerprint density at radius 2 is 1.48 bits per heavy atom. The van der Waals surface area contributed by atoms with Gasteiger partial charge in [0, 0.05) is 12.2 Å². The molecule has 23 heavy (non-hydrogen) atoms. The SMILES string of the molecule is FP1(F)=N[P@@]2(F)=N[P@@](F)(=N1)OC[P@@](=S)(Cc1ccccc1)CO2. The molecular weight excluding hydrogens is 414 g/mol. The molecule has 0 saturated heterocycles. The zero-order valence-corrected chi connectivity index (χ0v) is 15.8. The fourth-order valence-electron chi connectivity index (χ4n) is 1.96. The Hall–Kier alpha value is 0.200. The largest absolute Gasteiger partial charge is 0.425 e. The highest BCUT2D eigenvalue weighted by molar-refractivity contribution is 8.14. The summed E-state index contributed by atoms with van der Waals surface area (Å²) in [4.78, 5) is 0. The molecular formula is C9H11F4N3O2P4S. The van der Waals surface area contributed by atoms with E-state index in [1.807, 2.05) is 18.2 Å². The first-order valence-corrected chi connectivity index (χ1v) is 14.1. The summed E-state index contributed by atoms with van der Waals surface area (Å²) in [6.07, 6.45) is -0.322. The normalized spacial score (nSPS) is 39.1. The molecule has 0 N–H and O–H groups in total. The van der Waals surface area contributed by atoms with Crippen LogP contribution in [-0.2, 0) is 27.0 Å². The number of benzene rings is 1. The first-order chi connectivity index (χ1) is 10.6. The van der Waals surface area contributed by atoms with Crippen molar-refractivity contribution in [3.8, 4) is 0 Å². The van der Waals surface area contributed by atoms with E-state index in [9.17, 15) is 16.8 Å². The third-order valence-electron chi connectivity index (χ3n) is 2.88. The fraction of sp³-hybridized carbons (Fsp3) is 0.333. The van der Waals surface area contributed by atoms with E-state index < -0.39 is 29.3 Å². The Bertz CT molecular complexity index is 825. The quantitative estimate of drug-likeness (QED) is 0.368. The molecule has 0 saturated carbocycles. The molecule has 1 aromatic carbocycles. The van der Waals surface area contributed by atoms with Crippen LogP contribution < -0.4 is 0 Å². The molecule has 0 fully saturated rings. The van der Waals surface area contributed by atoms with Gasteiger partial charge in [-0.15, -0.1) is 21.9 Å². The van der Waals surface area contributed by atoms with E-state index in [4.69, 9.17) is 20.9 Å². The Morgan fingerprint density at radius 1 is 0.913 bits per heavy atom. The van der Waals surface area contributed by atoms with Crippen molar-refractivity contribution in [3.63, 3.8) is 0 Å². The molecule has 3 rings (SSSR count). The predicted molar refractivity (Wildman–Crippen MR) is 88.8 cm³/mol. The van der Waals surface area contributed by atoms with Gasteiger partial charge in [0.2, 0.25) is 0 Å². The van der Waals surface area contributed by atoms with Gasteiger partial charge in [-0.05, 0) is 5.56 Å². The first-order valence-electron chi connectivity index (χ1n) is 6.21. The van der Waals surface area contributed by atoms with E-state index in [1.54, 1.807) is 12.1 Å². The van der Waals surface area contributed by atoms with Crippen LogP contribution >= 0.6 is 29.3 Å². The molecule has 0 spiro atoms. The molecule has 0 aromatic heterocycles. The van der Waals surface area contributed by atoms with Crippen LogP contribution in [0.4, 0.5) is 16.8 Å². The number of fused-ring (bicyclic) bond motifs is 1. The van der Waals surface area contributed by atoms with Crippen LogP contribution in [0.15, 0.2) is 43.9 Å². The second-order valence-corrected chi connectivity index (χ2v) is 15.6. The third-order valence-corrected chi connectivity index (χ3v) is 12.6. The smallest absolute Gasteiger partial charge is 0.298 e. The minimum atomic E-state index is -5.47. The minimum Gasteiger partial charge on any atom is -0.298 e. The van der Waals surface area contributed by atoms with Gasteiger partial charge >= 0.3 is 23.3 Å². The number of hydrogen-bond donors (Lipinski definition) is 0. The highest BCUT2D eigenvalue weighted by Gasteiger charge is 2.44. The molecule has 2 bridgehead atoms. The zero-order chi connectivity index (χ0) is 16.8. The van der Waals surface area contributed by atoms with Gasteiger partial charge in [0.05, 0.1) is 12.7 Å². The summed E-state index contributed by atoms with van der Waals surface area (Å²) < 4.78 is 73.6. The van der Waals surface area contributed by atoms with Crippen molar-refractivity contribution in [3.05, 3.63) is 35.9 Å². The van der Waals surface area contributed by atoms with Crippen LogP contribution in [0.2, 0.25) is 0 Å². The van der Waals surface area contributed by atoms with Crippen LogP contribution in [0, 0.1) is 0 Å². The Labute approximate surface area is 135 Å². The lowest BCUT2D eigenvalue weighted by molar-refractivity contribution is 0.357. The second-order valence-electron chi connectivity index (χ2n) is 4.89. The molecule has 0 aliphatic carbocycles. The van der Waals surface area contributed by atoms with Gasteiger partial charge < -0.3 is 0 Å². The average molecular weight is 425 g/mol. The van der Waals surface area contributed by atoms with Crippen molar-refractivity contribution in [2.45, 2.75) is 6.16 Å². The summed E-state index contributed by atoms with van der Waals surface area (Å²) in [6, 6.07) is 6.51. The van der Waals surface area contributed by atoms with Crippen molar-refractivity contribution in [1.82, 2.24) is 0 Å². The van der Waals surface area contributed by atoms with E-state index >= 15 is 0 Å². The minimum absolute atomic E-state index is 0.325. The molecule has 0 radical (unpaired) electrons. The molecule has 2 aliphatic rings. The lowest BCUT2D eigenvalue weighted by atomic mass is 10.2. The van der Waals surface area contributed by atoms with Crippen LogP contribution in [0.3, 0.4) is 0 Å². The van der Waals surface area contributed by atoms with Gasteiger partial charge in [0.25, 0.3) is 0 Å². The summed E-state index contributed by atoms with van der Waals surface area (Å²) in [5, 5.41) is 0. The maximum atomic E-state index is 14.4. The topological polar surface area (TPSA) is 55.5 Å². The van der Waals surface area contributed by atoms with Gasteiger partial charge in [-0.2, -0.15) is 8.39 Å². The summed E-state index contributed by atoms with van der Waals surface area (Å²) in [7, 11) is -15.0. The Morgan fingerprint density at radius 3 is 2.09 bits per heavy atom. The van der Waals surface area contributed by atoms with Crippen LogP contribution in [0.25, 0.3) is 0 Å². The van der Waals surface area contributed by atoms with Gasteiger partial charge in [-0.3, -0.25) is 9.05 Å². The highest BCUT2D eigenvalue weighted by atomic mass is 32.4. The summed E-state index contributed by atoms with van der Waals surface area (Å²) in [6.45, 7) is 0. The van der Waals surface area contributed by atoms with Crippen molar-refractivity contribution >= 4 is 41.2 Å². The molecule has 3 atom stereocenters. The van der Waals surface area contributed by atoms with Crippen molar-refractivity contribution in [2.75, 3.05) is 12.7 Å². The van der Waals surface area contributed by atoms with Gasteiger partial charge in [-0.25, -0.2) is 0 Å². The number of rotatable bonds is 2. The number of halogens is 4. The standard InChI is InChI=1S/C9H11F4N3O2P4S/c10-20(11)14-21(12)16-22(13,15-20)18-8-19(23,7-17-21)6-9-4-2-1-3-5-9/h1-5H,6-8H2/t19-,21+,22-. The molecule has 14 heteroatoms. The summed E-state index contributed by atoms with van der Waals surface area (Å²) in [5.74, 6) is 0. The zero-order valence-electron chi connectivity index (χ0n) is 11.4. The molecule has 1 aromatic rings. The Balaban J connectivity index is 1.94. The van der Waals surface area contributed by atoms with Crippen LogP contribution in [0.1, 0.15) is 5.56 Å². The second kappa shape index (κ2) is 6.17. The van der Waals surface area contributed by atoms with Crippen LogP contribution in [0.5, 0.6) is 0 Å². The van der Waals surface area contributed by atoms with Crippen molar-refractivity contribution < 1.29 is 25.8 Å². The molecule has 2 heterocycles. The van der Waals surface area contributed by atoms with Gasteiger partial charge in [0.1, 0.15) is 0 Å². The van der Waals surface area contributed by atoms with Crippen LogP contribution in [-0.4, -0.2) is 12.7 Å². The maximum absolute atomic E-state index is 14.4. The summed E-state index contributed by atoms with van der Waals surface area (Å²) >= 11 is 5.48. The van der Waals surface area contributed by atoms with Gasteiger partial charge in [-0.1, -0.05) is 42.1 Å². The molecule has 5 nitrogen and oxygen atoms in total. The Kier molecular flexibility index (Phi) is 4.83. The molecule has 0 unspecified atom stereocenters. The first kappa shape index (κ1) is 18.0. The summed E-state index contributed by atoms with van der Waals surface area (Å²) in [5.41, 5.74) is 0.856. The van der Waals surface area contributed by atoms with E-state index in [2.05, 4.69) is 13.5 Å². The highest BCUT2D eigenvalue weighted by Crippen LogP contribution is 2.83. The van der Waals surface area contributed by atoms with Crippen molar-refractivity contribution in [2.24, 2.45) is 13.5 Å². The van der Waals surface area contributed by atoms with Gasteiger partial charge in [0.15, 0.2) is 0 Å².